The Hall–Kier alpha value is -2.91. The van der Waals surface area contributed by atoms with E-state index in [0.717, 1.165) is 16.7 Å². The topological polar surface area (TPSA) is 109 Å². The zero-order valence-electron chi connectivity index (χ0n) is 16.0. The number of pyridine rings is 2. The molecule has 0 bridgehead atoms. The van der Waals surface area contributed by atoms with Crippen LogP contribution >= 0.6 is 11.6 Å². The molecule has 3 aromatic rings. The fourth-order valence-electron chi connectivity index (χ4n) is 3.00. The number of aromatic amines is 1. The number of hydrogen-bond acceptors (Lipinski definition) is 4. The number of fused-ring (bicyclic) bond motifs is 1. The van der Waals surface area contributed by atoms with Gasteiger partial charge in [-0.15, -0.1) is 0 Å². The van der Waals surface area contributed by atoms with Crippen molar-refractivity contribution in [3.05, 3.63) is 62.5 Å². The minimum absolute atomic E-state index is 0.00575. The highest BCUT2D eigenvalue weighted by Gasteiger charge is 2.16. The van der Waals surface area contributed by atoms with Crippen LogP contribution in [0.15, 0.2) is 35.3 Å². The van der Waals surface area contributed by atoms with Gasteiger partial charge in [0.15, 0.2) is 5.43 Å². The van der Waals surface area contributed by atoms with Crippen molar-refractivity contribution in [2.45, 2.75) is 26.4 Å². The van der Waals surface area contributed by atoms with Gasteiger partial charge in [0.2, 0.25) is 0 Å². The predicted molar refractivity (Wildman–Crippen MR) is 109 cm³/mol. The molecule has 0 spiro atoms. The van der Waals surface area contributed by atoms with Crippen molar-refractivity contribution in [1.82, 2.24) is 9.97 Å². The third-order valence-electron chi connectivity index (χ3n) is 4.41. The number of alkyl halides is 3. The van der Waals surface area contributed by atoms with Gasteiger partial charge >= 0.3 is 6.68 Å². The monoisotopic (exact) mass is 441 g/mol. The molecule has 1 amide bonds. The fourth-order valence-corrected chi connectivity index (χ4v) is 3.35. The fraction of sp³-hybridized carbons (Fsp3) is 0.250. The van der Waals surface area contributed by atoms with Crippen molar-refractivity contribution in [1.29, 1.82) is 0 Å². The molecule has 0 saturated carbocycles. The molecule has 0 aliphatic heterocycles. The first kappa shape index (κ1) is 23.4. The summed E-state index contributed by atoms with van der Waals surface area (Å²) in [4.78, 5) is 31.2. The highest BCUT2D eigenvalue weighted by Crippen LogP contribution is 2.32. The van der Waals surface area contributed by atoms with Gasteiger partial charge in [0.25, 0.3) is 5.91 Å². The maximum atomic E-state index is 12.6. The number of nitrogens with two attached hydrogens (primary N) is 1. The summed E-state index contributed by atoms with van der Waals surface area (Å²) in [6.45, 7) is 0.119. The number of benzene rings is 1. The van der Waals surface area contributed by atoms with Gasteiger partial charge in [-0.25, -0.2) is 0 Å². The molecule has 3 rings (SSSR count). The summed E-state index contributed by atoms with van der Waals surface area (Å²) in [7, 11) is 0. The Balaban J connectivity index is 0.000000735. The van der Waals surface area contributed by atoms with Crippen LogP contribution in [-0.4, -0.2) is 34.3 Å². The second-order valence-electron chi connectivity index (χ2n) is 6.51. The number of halogens is 4. The van der Waals surface area contributed by atoms with Crippen LogP contribution in [0.4, 0.5) is 13.2 Å². The maximum Gasteiger partial charge on any atom is 0.379 e. The van der Waals surface area contributed by atoms with Crippen LogP contribution in [-0.2, 0) is 0 Å². The standard InChI is InChI=1S/C19H18ClN3O3.CHF3/c1-9-5-11(10(2)8-24)13(20)6-12(9)15-7-16(25)17-14(23-15)3-4-22-18(17)19(21)26;2-1(3)4/h3-7,10,24H,8H2,1-2H3,(H2,21,26)(H,23,25);1H. The molecular weight excluding hydrogens is 423 g/mol. The van der Waals surface area contributed by atoms with Gasteiger partial charge in [-0.3, -0.25) is 14.6 Å². The Bertz CT molecular complexity index is 1130. The quantitative estimate of drug-likeness (QED) is 0.570. The van der Waals surface area contributed by atoms with Crippen LogP contribution in [0.3, 0.4) is 0 Å². The molecule has 1 unspecified atom stereocenters. The predicted octanol–water partition coefficient (Wildman–Crippen LogP) is 3.93. The van der Waals surface area contributed by atoms with E-state index in [0.29, 0.717) is 16.2 Å². The van der Waals surface area contributed by atoms with Crippen molar-refractivity contribution in [2.75, 3.05) is 6.61 Å². The van der Waals surface area contributed by atoms with E-state index in [2.05, 4.69) is 9.97 Å². The van der Waals surface area contributed by atoms with Gasteiger partial charge in [-0.2, -0.15) is 13.2 Å². The lowest BCUT2D eigenvalue weighted by atomic mass is 9.95. The zero-order chi connectivity index (χ0) is 22.6. The van der Waals surface area contributed by atoms with Gasteiger partial charge in [0.05, 0.1) is 16.6 Å². The Morgan fingerprint density at radius 2 is 1.93 bits per heavy atom. The average molecular weight is 442 g/mol. The van der Waals surface area contributed by atoms with E-state index in [1.807, 2.05) is 19.9 Å². The van der Waals surface area contributed by atoms with Crippen LogP contribution < -0.4 is 11.2 Å². The summed E-state index contributed by atoms with van der Waals surface area (Å²) in [5.41, 5.74) is 8.47. The first-order chi connectivity index (χ1) is 14.1. The van der Waals surface area contributed by atoms with E-state index in [1.54, 1.807) is 12.1 Å². The molecule has 10 heteroatoms. The maximum absolute atomic E-state index is 12.6. The Morgan fingerprint density at radius 3 is 2.50 bits per heavy atom. The first-order valence-electron chi connectivity index (χ1n) is 8.72. The number of primary amides is 1. The number of aromatic nitrogens is 2. The summed E-state index contributed by atoms with van der Waals surface area (Å²) >= 11 is 6.38. The number of rotatable bonds is 4. The third-order valence-corrected chi connectivity index (χ3v) is 4.74. The Morgan fingerprint density at radius 1 is 1.30 bits per heavy atom. The Labute approximate surface area is 174 Å². The summed E-state index contributed by atoms with van der Waals surface area (Å²) in [5.74, 6) is -0.842. The van der Waals surface area contributed by atoms with Gasteiger partial charge < -0.3 is 15.8 Å². The second-order valence-corrected chi connectivity index (χ2v) is 6.92. The lowest BCUT2D eigenvalue weighted by Gasteiger charge is -2.15. The number of carbonyl (C=O) groups excluding carboxylic acids is 1. The second kappa shape index (κ2) is 9.73. The molecule has 0 aliphatic rings. The summed E-state index contributed by atoms with van der Waals surface area (Å²) in [6, 6.07) is 6.70. The number of carbonyl (C=O) groups is 1. The zero-order valence-corrected chi connectivity index (χ0v) is 16.8. The van der Waals surface area contributed by atoms with Crippen LogP contribution in [0.25, 0.3) is 22.2 Å². The van der Waals surface area contributed by atoms with E-state index in [4.69, 9.17) is 17.3 Å². The molecule has 160 valence electrons. The van der Waals surface area contributed by atoms with Crippen LogP contribution in [0.5, 0.6) is 0 Å². The van der Waals surface area contributed by atoms with Crippen molar-refractivity contribution in [3.63, 3.8) is 0 Å². The molecule has 2 aromatic heterocycles. The lowest BCUT2D eigenvalue weighted by Crippen LogP contribution is -2.17. The molecule has 30 heavy (non-hydrogen) atoms. The largest absolute Gasteiger partial charge is 0.396 e. The van der Waals surface area contributed by atoms with E-state index < -0.39 is 12.6 Å². The molecule has 0 aliphatic carbocycles. The van der Waals surface area contributed by atoms with E-state index in [1.165, 1.54) is 12.3 Å². The molecule has 1 aromatic carbocycles. The van der Waals surface area contributed by atoms with E-state index in [-0.39, 0.29) is 29.0 Å². The molecule has 6 nitrogen and oxygen atoms in total. The molecule has 0 saturated heterocycles. The van der Waals surface area contributed by atoms with E-state index in [9.17, 15) is 27.9 Å². The van der Waals surface area contributed by atoms with Crippen molar-refractivity contribution >= 4 is 28.4 Å². The first-order valence-corrected chi connectivity index (χ1v) is 9.09. The average Bonchev–Trinajstić information content (AvgIpc) is 2.67. The lowest BCUT2D eigenvalue weighted by molar-refractivity contribution is 0.00818. The number of H-pyrrole nitrogens is 1. The molecule has 0 fully saturated rings. The van der Waals surface area contributed by atoms with Crippen LogP contribution in [0.1, 0.15) is 34.5 Å². The number of aliphatic hydroxyl groups excluding tert-OH is 1. The number of hydrogen-bond donors (Lipinski definition) is 3. The van der Waals surface area contributed by atoms with Gasteiger partial charge in [-0.1, -0.05) is 24.6 Å². The highest BCUT2D eigenvalue weighted by atomic mass is 35.5. The van der Waals surface area contributed by atoms with Gasteiger partial charge in [0, 0.05) is 35.4 Å². The van der Waals surface area contributed by atoms with Crippen LogP contribution in [0.2, 0.25) is 5.02 Å². The van der Waals surface area contributed by atoms with Crippen molar-refractivity contribution in [3.8, 4) is 11.3 Å². The van der Waals surface area contributed by atoms with Gasteiger partial charge in [0.1, 0.15) is 5.69 Å². The molecular formula is C20H19ClF3N3O3. The SMILES string of the molecule is Cc1cc(C(C)CO)c(Cl)cc1-c1cc(=O)c2c(C(N)=O)nccc2[nH]1.FC(F)F. The number of nitrogens with one attached hydrogen (secondary N) is 1. The Kier molecular flexibility index (Phi) is 7.58. The minimum Gasteiger partial charge on any atom is -0.396 e. The van der Waals surface area contributed by atoms with E-state index >= 15 is 0 Å². The normalized spacial score (nSPS) is 11.9. The third kappa shape index (κ3) is 5.17. The number of aliphatic hydroxyl groups is 1. The molecule has 1 atom stereocenters. The minimum atomic E-state index is -3.67. The molecule has 0 radical (unpaired) electrons. The highest BCUT2D eigenvalue weighted by molar-refractivity contribution is 6.31. The van der Waals surface area contributed by atoms with Crippen molar-refractivity contribution < 1.29 is 23.1 Å². The summed E-state index contributed by atoms with van der Waals surface area (Å²) in [5, 5.41) is 10.0. The molecule has 4 N–H and O–H groups in total. The van der Waals surface area contributed by atoms with Crippen molar-refractivity contribution in [2.24, 2.45) is 5.73 Å². The molecule has 2 heterocycles. The number of amides is 1. The number of aryl methyl sites for hydroxylation is 1. The van der Waals surface area contributed by atoms with Crippen LogP contribution in [0, 0.1) is 6.92 Å². The number of nitrogens with zero attached hydrogens (tertiary/aromatic N) is 1. The summed E-state index contributed by atoms with van der Waals surface area (Å²) in [6.07, 6.45) is 1.42. The van der Waals surface area contributed by atoms with Gasteiger partial charge in [-0.05, 0) is 30.2 Å². The smallest absolute Gasteiger partial charge is 0.379 e. The summed E-state index contributed by atoms with van der Waals surface area (Å²) < 4.78 is 29.0.